The molecule has 1 fully saturated rings. The van der Waals surface area contributed by atoms with Gasteiger partial charge in [0.15, 0.2) is 0 Å². The smallest absolute Gasteiger partial charge is 0.142 e. The third-order valence-electron chi connectivity index (χ3n) is 2.56. The van der Waals surface area contributed by atoms with Gasteiger partial charge in [0.2, 0.25) is 0 Å². The fraction of sp³-hybridized carbons (Fsp3) is 0.364. The highest BCUT2D eigenvalue weighted by molar-refractivity contribution is 5.84. The van der Waals surface area contributed by atoms with Crippen LogP contribution in [-0.2, 0) is 11.2 Å². The number of hydrogen-bond acceptors (Lipinski definition) is 2. The summed E-state index contributed by atoms with van der Waals surface area (Å²) in [5.41, 5.74) is 0.504. The van der Waals surface area contributed by atoms with E-state index in [4.69, 9.17) is 0 Å². The van der Waals surface area contributed by atoms with Crippen LogP contribution in [0.25, 0.3) is 0 Å². The molecule has 1 aromatic carbocycles. The van der Waals surface area contributed by atoms with E-state index in [1.165, 1.54) is 6.07 Å². The molecule has 0 saturated carbocycles. The third-order valence-corrected chi connectivity index (χ3v) is 2.56. The summed E-state index contributed by atoms with van der Waals surface area (Å²) in [6.45, 7) is 1.49. The molecule has 14 heavy (non-hydrogen) atoms. The number of nitrogens with one attached hydrogen (secondary N) is 1. The molecule has 1 heterocycles. The zero-order chi connectivity index (χ0) is 9.97. The van der Waals surface area contributed by atoms with Gasteiger partial charge in [0, 0.05) is 25.4 Å². The van der Waals surface area contributed by atoms with Gasteiger partial charge in [-0.3, -0.25) is 4.79 Å². The number of hydrogen-bond donors (Lipinski definition) is 1. The minimum absolute atomic E-state index is 0.0922. The van der Waals surface area contributed by atoms with Crippen LogP contribution in [-0.4, -0.2) is 18.9 Å². The van der Waals surface area contributed by atoms with Crippen molar-refractivity contribution in [1.29, 1.82) is 0 Å². The Balaban J connectivity index is 2.03. The van der Waals surface area contributed by atoms with Crippen molar-refractivity contribution in [2.45, 2.75) is 6.42 Å². The summed E-state index contributed by atoms with van der Waals surface area (Å²) in [5, 5.41) is 3.03. The highest BCUT2D eigenvalue weighted by Crippen LogP contribution is 2.12. The quantitative estimate of drug-likeness (QED) is 0.780. The van der Waals surface area contributed by atoms with Crippen molar-refractivity contribution < 1.29 is 9.18 Å². The molecule has 74 valence electrons. The Morgan fingerprint density at radius 2 is 2.14 bits per heavy atom. The van der Waals surface area contributed by atoms with Crippen LogP contribution in [0.4, 0.5) is 4.39 Å². The molecule has 2 nitrogen and oxygen atoms in total. The minimum Gasteiger partial charge on any atom is -0.315 e. The summed E-state index contributed by atoms with van der Waals surface area (Å²) in [7, 11) is 0. The van der Waals surface area contributed by atoms with Gasteiger partial charge in [-0.05, 0) is 11.6 Å². The van der Waals surface area contributed by atoms with Gasteiger partial charge >= 0.3 is 0 Å². The lowest BCUT2D eigenvalue weighted by Crippen LogP contribution is -2.47. The van der Waals surface area contributed by atoms with E-state index >= 15 is 0 Å². The number of halogens is 1. The van der Waals surface area contributed by atoms with Crippen molar-refractivity contribution in [1.82, 2.24) is 5.32 Å². The van der Waals surface area contributed by atoms with Crippen LogP contribution >= 0.6 is 0 Å². The topological polar surface area (TPSA) is 29.1 Å². The van der Waals surface area contributed by atoms with Crippen molar-refractivity contribution in [3.8, 4) is 0 Å². The van der Waals surface area contributed by atoms with E-state index in [0.717, 1.165) is 13.1 Å². The number of Topliss-reactive ketones (excluding diaryl/α,β-unsaturated/α-hetero) is 1. The van der Waals surface area contributed by atoms with E-state index in [2.05, 4.69) is 5.32 Å². The molecule has 0 aliphatic carbocycles. The van der Waals surface area contributed by atoms with Gasteiger partial charge < -0.3 is 5.32 Å². The highest BCUT2D eigenvalue weighted by Gasteiger charge is 2.24. The van der Waals surface area contributed by atoms with E-state index < -0.39 is 0 Å². The summed E-state index contributed by atoms with van der Waals surface area (Å²) in [5.74, 6) is -0.0587. The number of rotatable bonds is 3. The van der Waals surface area contributed by atoms with E-state index in [0.29, 0.717) is 5.56 Å². The van der Waals surface area contributed by atoms with Crippen LogP contribution in [0.2, 0.25) is 0 Å². The molecule has 0 aromatic heterocycles. The van der Waals surface area contributed by atoms with Gasteiger partial charge in [0.05, 0.1) is 0 Å². The molecule has 0 bridgehead atoms. The maximum Gasteiger partial charge on any atom is 0.142 e. The fourth-order valence-corrected chi connectivity index (χ4v) is 1.49. The number of carbonyl (C=O) groups is 1. The number of benzene rings is 1. The molecule has 1 aliphatic heterocycles. The molecular formula is C11H12FNO. The van der Waals surface area contributed by atoms with Gasteiger partial charge in [-0.1, -0.05) is 18.2 Å². The first kappa shape index (κ1) is 9.34. The molecule has 2 rings (SSSR count). The predicted molar refractivity (Wildman–Crippen MR) is 51.5 cm³/mol. The monoisotopic (exact) mass is 193 g/mol. The molecule has 0 amide bonds. The van der Waals surface area contributed by atoms with E-state index in [1.807, 2.05) is 0 Å². The number of carbonyl (C=O) groups excluding carboxylic acids is 1. The summed E-state index contributed by atoms with van der Waals surface area (Å²) >= 11 is 0. The summed E-state index contributed by atoms with van der Waals surface area (Å²) in [4.78, 5) is 11.5. The predicted octanol–water partition coefficient (Wildman–Crippen LogP) is 1.16. The molecule has 1 saturated heterocycles. The molecule has 0 atom stereocenters. The average Bonchev–Trinajstić information content (AvgIpc) is 2.05. The van der Waals surface area contributed by atoms with Crippen LogP contribution in [0.5, 0.6) is 0 Å². The second-order valence-electron chi connectivity index (χ2n) is 3.59. The molecule has 3 heteroatoms. The van der Waals surface area contributed by atoms with Gasteiger partial charge in [-0.2, -0.15) is 0 Å². The van der Waals surface area contributed by atoms with Crippen molar-refractivity contribution in [2.75, 3.05) is 13.1 Å². The maximum atomic E-state index is 13.2. The SMILES string of the molecule is O=C(Cc1ccccc1F)C1CNC1. The molecule has 1 aliphatic rings. The Kier molecular flexibility index (Phi) is 2.59. The molecule has 0 radical (unpaired) electrons. The third kappa shape index (κ3) is 1.82. The Hall–Kier alpha value is -1.22. The van der Waals surface area contributed by atoms with Crippen LogP contribution in [0, 0.1) is 11.7 Å². The fourth-order valence-electron chi connectivity index (χ4n) is 1.49. The first-order valence-electron chi connectivity index (χ1n) is 4.74. The average molecular weight is 193 g/mol. The Bertz CT molecular complexity index is 347. The lowest BCUT2D eigenvalue weighted by molar-refractivity contribution is -0.123. The van der Waals surface area contributed by atoms with Crippen molar-refractivity contribution in [3.63, 3.8) is 0 Å². The first-order chi connectivity index (χ1) is 6.77. The molecular weight excluding hydrogens is 181 g/mol. The first-order valence-corrected chi connectivity index (χ1v) is 4.74. The van der Waals surface area contributed by atoms with Crippen molar-refractivity contribution >= 4 is 5.78 Å². The molecule has 0 unspecified atom stereocenters. The molecule has 1 aromatic rings. The van der Waals surface area contributed by atoms with Crippen molar-refractivity contribution in [2.24, 2.45) is 5.92 Å². The second-order valence-corrected chi connectivity index (χ2v) is 3.59. The van der Waals surface area contributed by atoms with Gasteiger partial charge in [-0.15, -0.1) is 0 Å². The van der Waals surface area contributed by atoms with E-state index in [1.54, 1.807) is 18.2 Å². The Morgan fingerprint density at radius 1 is 1.43 bits per heavy atom. The van der Waals surface area contributed by atoms with Crippen molar-refractivity contribution in [3.05, 3.63) is 35.6 Å². The summed E-state index contributed by atoms with van der Waals surface area (Å²) in [6.07, 6.45) is 0.221. The Morgan fingerprint density at radius 3 is 2.71 bits per heavy atom. The normalized spacial score (nSPS) is 16.4. The number of ketones is 1. The highest BCUT2D eigenvalue weighted by atomic mass is 19.1. The zero-order valence-electron chi connectivity index (χ0n) is 7.79. The lowest BCUT2D eigenvalue weighted by atomic mass is 9.93. The Labute approximate surface area is 82.1 Å². The van der Waals surface area contributed by atoms with Gasteiger partial charge in [-0.25, -0.2) is 4.39 Å². The van der Waals surface area contributed by atoms with E-state index in [9.17, 15) is 9.18 Å². The van der Waals surface area contributed by atoms with Crippen LogP contribution in [0.3, 0.4) is 0 Å². The zero-order valence-corrected chi connectivity index (χ0v) is 7.79. The lowest BCUT2D eigenvalue weighted by Gasteiger charge is -2.25. The van der Waals surface area contributed by atoms with E-state index in [-0.39, 0.29) is 23.9 Å². The largest absolute Gasteiger partial charge is 0.315 e. The van der Waals surface area contributed by atoms with Crippen LogP contribution in [0.15, 0.2) is 24.3 Å². The standard InChI is InChI=1S/C11H12FNO/c12-10-4-2-1-3-8(10)5-11(14)9-6-13-7-9/h1-4,9,13H,5-7H2. The molecule has 1 N–H and O–H groups in total. The van der Waals surface area contributed by atoms with Gasteiger partial charge in [0.25, 0.3) is 0 Å². The maximum absolute atomic E-state index is 13.2. The van der Waals surface area contributed by atoms with Gasteiger partial charge in [0.1, 0.15) is 11.6 Å². The van der Waals surface area contributed by atoms with Crippen LogP contribution < -0.4 is 5.32 Å². The summed E-state index contributed by atoms with van der Waals surface area (Å²) < 4.78 is 13.2. The second kappa shape index (κ2) is 3.88. The molecule has 0 spiro atoms. The van der Waals surface area contributed by atoms with Crippen LogP contribution in [0.1, 0.15) is 5.56 Å². The summed E-state index contributed by atoms with van der Waals surface area (Å²) in [6, 6.07) is 6.44. The minimum atomic E-state index is -0.284.